The van der Waals surface area contributed by atoms with Crippen molar-refractivity contribution in [2.45, 2.75) is 19.6 Å². The summed E-state index contributed by atoms with van der Waals surface area (Å²) in [5, 5.41) is 8.97. The molecular weight excluding hydrogens is 350 g/mol. The number of benzene rings is 3. The lowest BCUT2D eigenvalue weighted by atomic mass is 10.1. The minimum absolute atomic E-state index is 0.252. The first-order chi connectivity index (χ1) is 13.7. The Morgan fingerprint density at radius 2 is 1.75 bits per heavy atom. The Morgan fingerprint density at radius 1 is 0.964 bits per heavy atom. The number of rotatable bonds is 7. The number of hydrogen-bond donors (Lipinski definition) is 1. The maximum atomic E-state index is 11.6. The van der Waals surface area contributed by atoms with Gasteiger partial charge in [0.2, 0.25) is 0 Å². The highest BCUT2D eigenvalue weighted by atomic mass is 16.5. The van der Waals surface area contributed by atoms with Gasteiger partial charge in [-0.05, 0) is 29.2 Å². The van der Waals surface area contributed by atoms with Crippen LogP contribution in [0, 0.1) is 0 Å². The number of aliphatic hydroxyl groups is 1. The molecule has 0 fully saturated rings. The Hall–Kier alpha value is -3.11. The summed E-state index contributed by atoms with van der Waals surface area (Å²) in [7, 11) is 0. The molecule has 1 aliphatic heterocycles. The minimum Gasteiger partial charge on any atom is -0.489 e. The third kappa shape index (κ3) is 4.07. The van der Waals surface area contributed by atoms with Crippen molar-refractivity contribution in [2.24, 2.45) is 0 Å². The monoisotopic (exact) mass is 373 g/mol. The van der Waals surface area contributed by atoms with Crippen molar-refractivity contribution in [3.63, 3.8) is 0 Å². The van der Waals surface area contributed by atoms with E-state index in [1.807, 2.05) is 36.4 Å². The number of carbonyl (C=O) groups excluding carboxylic acids is 1. The molecule has 0 amide bonds. The average molecular weight is 373 g/mol. The van der Waals surface area contributed by atoms with Crippen LogP contribution in [-0.4, -0.2) is 24.0 Å². The highest BCUT2D eigenvalue weighted by Gasteiger charge is 2.20. The van der Waals surface area contributed by atoms with Gasteiger partial charge < -0.3 is 14.7 Å². The van der Waals surface area contributed by atoms with Gasteiger partial charge in [-0.15, -0.1) is 0 Å². The molecule has 0 saturated heterocycles. The number of nitrogens with zero attached hydrogens (tertiary/aromatic N) is 1. The molecule has 0 aliphatic carbocycles. The fraction of sp³-hybridized carbons (Fsp3) is 0.208. The molecule has 142 valence electrons. The van der Waals surface area contributed by atoms with Gasteiger partial charge in [-0.2, -0.15) is 0 Å². The van der Waals surface area contributed by atoms with Crippen LogP contribution < -0.4 is 9.64 Å². The zero-order chi connectivity index (χ0) is 19.3. The molecule has 1 N–H and O–H groups in total. The molecule has 0 unspecified atom stereocenters. The SMILES string of the molecule is O=C(CO)c1ccc(CN2CCc3ccc(OCc4ccccc4)cc32)cc1. The molecular formula is C24H23NO3. The van der Waals surface area contributed by atoms with Gasteiger partial charge in [-0.25, -0.2) is 0 Å². The van der Waals surface area contributed by atoms with Crippen LogP contribution in [0.5, 0.6) is 5.75 Å². The predicted octanol–water partition coefficient (Wildman–Crippen LogP) is 4.00. The molecule has 1 heterocycles. The van der Waals surface area contributed by atoms with E-state index in [1.165, 1.54) is 11.3 Å². The zero-order valence-electron chi connectivity index (χ0n) is 15.7. The van der Waals surface area contributed by atoms with Crippen molar-refractivity contribution in [3.8, 4) is 5.75 Å². The summed E-state index contributed by atoms with van der Waals surface area (Å²) in [6.45, 7) is 1.85. The molecule has 4 rings (SSSR count). The van der Waals surface area contributed by atoms with Gasteiger partial charge in [0, 0.05) is 30.4 Å². The smallest absolute Gasteiger partial charge is 0.188 e. The van der Waals surface area contributed by atoms with E-state index in [9.17, 15) is 4.79 Å². The largest absolute Gasteiger partial charge is 0.489 e. The second kappa shape index (κ2) is 8.28. The van der Waals surface area contributed by atoms with E-state index >= 15 is 0 Å². The van der Waals surface area contributed by atoms with Gasteiger partial charge in [0.05, 0.1) is 0 Å². The Kier molecular flexibility index (Phi) is 5.40. The molecule has 1 aliphatic rings. The van der Waals surface area contributed by atoms with E-state index in [2.05, 4.69) is 29.2 Å². The van der Waals surface area contributed by atoms with Crippen LogP contribution >= 0.6 is 0 Å². The van der Waals surface area contributed by atoms with E-state index in [4.69, 9.17) is 9.84 Å². The van der Waals surface area contributed by atoms with E-state index in [1.54, 1.807) is 12.1 Å². The molecule has 0 spiro atoms. The lowest BCUT2D eigenvalue weighted by Crippen LogP contribution is -2.19. The molecule has 3 aromatic rings. The number of ketones is 1. The third-order valence-corrected chi connectivity index (χ3v) is 5.09. The van der Waals surface area contributed by atoms with E-state index in [-0.39, 0.29) is 5.78 Å². The van der Waals surface area contributed by atoms with Crippen molar-refractivity contribution in [3.05, 3.63) is 95.1 Å². The number of ether oxygens (including phenoxy) is 1. The number of hydrogen-bond acceptors (Lipinski definition) is 4. The second-order valence-electron chi connectivity index (χ2n) is 7.01. The van der Waals surface area contributed by atoms with Gasteiger partial charge in [-0.1, -0.05) is 60.7 Å². The Bertz CT molecular complexity index is 951. The number of fused-ring (bicyclic) bond motifs is 1. The Morgan fingerprint density at radius 3 is 2.50 bits per heavy atom. The predicted molar refractivity (Wildman–Crippen MR) is 110 cm³/mol. The van der Waals surface area contributed by atoms with Gasteiger partial charge in [0.25, 0.3) is 0 Å². The number of anilines is 1. The van der Waals surface area contributed by atoms with Crippen molar-refractivity contribution in [1.82, 2.24) is 0 Å². The highest BCUT2D eigenvalue weighted by Crippen LogP contribution is 2.33. The molecule has 3 aromatic carbocycles. The molecule has 0 radical (unpaired) electrons. The summed E-state index contributed by atoms with van der Waals surface area (Å²) in [5.74, 6) is 0.622. The summed E-state index contributed by atoms with van der Waals surface area (Å²) in [5.41, 5.74) is 5.38. The fourth-order valence-corrected chi connectivity index (χ4v) is 3.53. The molecule has 0 atom stereocenters. The maximum absolute atomic E-state index is 11.6. The van der Waals surface area contributed by atoms with Crippen molar-refractivity contribution in [2.75, 3.05) is 18.1 Å². The normalized spacial score (nSPS) is 12.7. The van der Waals surface area contributed by atoms with Crippen molar-refractivity contribution >= 4 is 11.5 Å². The summed E-state index contributed by atoms with van der Waals surface area (Å²) in [4.78, 5) is 13.9. The number of carbonyl (C=O) groups is 1. The summed E-state index contributed by atoms with van der Waals surface area (Å²) in [6, 6.07) is 23.9. The first-order valence-electron chi connectivity index (χ1n) is 9.50. The van der Waals surface area contributed by atoms with Crippen LogP contribution in [0.15, 0.2) is 72.8 Å². The van der Waals surface area contributed by atoms with Crippen molar-refractivity contribution < 1.29 is 14.6 Å². The van der Waals surface area contributed by atoms with Crippen molar-refractivity contribution in [1.29, 1.82) is 0 Å². The Balaban J connectivity index is 1.45. The van der Waals surface area contributed by atoms with Crippen LogP contribution in [-0.2, 0) is 19.6 Å². The lowest BCUT2D eigenvalue weighted by Gasteiger charge is -2.20. The van der Waals surface area contributed by atoms with Crippen LogP contribution in [0.2, 0.25) is 0 Å². The van der Waals surface area contributed by atoms with Gasteiger partial charge in [0.15, 0.2) is 5.78 Å². The van der Waals surface area contributed by atoms with Gasteiger partial charge in [0.1, 0.15) is 19.0 Å². The first-order valence-corrected chi connectivity index (χ1v) is 9.50. The molecule has 0 bridgehead atoms. The maximum Gasteiger partial charge on any atom is 0.188 e. The topological polar surface area (TPSA) is 49.8 Å². The highest BCUT2D eigenvalue weighted by molar-refractivity contribution is 5.96. The van der Waals surface area contributed by atoms with Crippen LogP contribution in [0.4, 0.5) is 5.69 Å². The molecule has 0 aromatic heterocycles. The summed E-state index contributed by atoms with van der Waals surface area (Å²) < 4.78 is 5.98. The van der Waals surface area contributed by atoms with E-state index in [0.717, 1.165) is 36.4 Å². The van der Waals surface area contributed by atoms with Crippen LogP contribution in [0.1, 0.15) is 27.0 Å². The van der Waals surface area contributed by atoms with Gasteiger partial charge in [-0.3, -0.25) is 4.79 Å². The molecule has 4 nitrogen and oxygen atoms in total. The second-order valence-corrected chi connectivity index (χ2v) is 7.01. The van der Waals surface area contributed by atoms with Crippen LogP contribution in [0.3, 0.4) is 0 Å². The quantitative estimate of drug-likeness (QED) is 0.636. The first kappa shape index (κ1) is 18.3. The molecule has 4 heteroatoms. The Labute approximate surface area is 165 Å². The van der Waals surface area contributed by atoms with E-state index < -0.39 is 6.61 Å². The molecule has 28 heavy (non-hydrogen) atoms. The summed E-state index contributed by atoms with van der Waals surface area (Å²) >= 11 is 0. The van der Waals surface area contributed by atoms with E-state index in [0.29, 0.717) is 12.2 Å². The van der Waals surface area contributed by atoms with Crippen LogP contribution in [0.25, 0.3) is 0 Å². The van der Waals surface area contributed by atoms with Gasteiger partial charge >= 0.3 is 0 Å². The summed E-state index contributed by atoms with van der Waals surface area (Å²) in [6.07, 6.45) is 1.02. The number of aliphatic hydroxyl groups excluding tert-OH is 1. The lowest BCUT2D eigenvalue weighted by molar-refractivity contribution is 0.0903. The minimum atomic E-state index is -0.454. The standard InChI is InChI=1S/C24H23NO3/c26-16-24(27)21-8-6-18(7-9-21)15-25-13-12-20-10-11-22(14-23(20)25)28-17-19-4-2-1-3-5-19/h1-11,14,26H,12-13,15-17H2. The third-order valence-electron chi connectivity index (χ3n) is 5.09. The number of Topliss-reactive ketones (excluding diaryl/α,β-unsaturated/α-hetero) is 1. The molecule has 0 saturated carbocycles. The fourth-order valence-electron chi connectivity index (χ4n) is 3.53. The zero-order valence-corrected chi connectivity index (χ0v) is 15.7. The average Bonchev–Trinajstić information content (AvgIpc) is 3.15.